The van der Waals surface area contributed by atoms with Crippen LogP contribution in [0.25, 0.3) is 0 Å². The summed E-state index contributed by atoms with van der Waals surface area (Å²) in [6, 6.07) is 0. The van der Waals surface area contributed by atoms with Crippen molar-refractivity contribution in [2.75, 3.05) is 11.5 Å². The summed E-state index contributed by atoms with van der Waals surface area (Å²) >= 11 is 1.43. The number of thioether (sulfide) groups is 1. The van der Waals surface area contributed by atoms with Crippen molar-refractivity contribution >= 4 is 17.7 Å². The summed E-state index contributed by atoms with van der Waals surface area (Å²) < 4.78 is 0. The fraction of sp³-hybridized carbons (Fsp3) is 0.632. The van der Waals surface area contributed by atoms with Crippen LogP contribution in [-0.4, -0.2) is 17.4 Å². The van der Waals surface area contributed by atoms with Crippen molar-refractivity contribution < 1.29 is 4.79 Å². The number of hydrogen-bond donors (Lipinski definition) is 1. The van der Waals surface area contributed by atoms with E-state index in [9.17, 15) is 4.79 Å². The van der Waals surface area contributed by atoms with Crippen LogP contribution in [0.2, 0.25) is 0 Å². The van der Waals surface area contributed by atoms with Crippen LogP contribution >= 0.6 is 11.8 Å². The number of primary amides is 1. The Kier molecular flexibility index (Phi) is 16.4. The lowest BCUT2D eigenvalue weighted by Crippen LogP contribution is -2.13. The monoisotopic (exact) mass is 317 g/mol. The normalized spacial score (nSPS) is 8.77. The van der Waals surface area contributed by atoms with E-state index in [2.05, 4.69) is 42.4 Å². The molecule has 0 radical (unpaired) electrons. The fourth-order valence-electron chi connectivity index (χ4n) is 1.67. The molecule has 0 aromatic heterocycles. The summed E-state index contributed by atoms with van der Waals surface area (Å²) in [5, 5.41) is 0. The summed E-state index contributed by atoms with van der Waals surface area (Å²) in [7, 11) is 0. The molecule has 0 aliphatic heterocycles. The molecule has 0 aromatic rings. The molecule has 0 fully saturated rings. The second kappa shape index (κ2) is 17.6. The Morgan fingerprint density at radius 1 is 0.864 bits per heavy atom. The molecule has 0 rings (SSSR count). The van der Waals surface area contributed by atoms with Crippen LogP contribution in [-0.2, 0) is 4.79 Å². The third kappa shape index (κ3) is 18.5. The SMILES string of the molecule is CCCCCCCCC#CCC#CCC#CCSCC(N)=O. The lowest BCUT2D eigenvalue weighted by molar-refractivity contribution is -0.115. The zero-order valence-electron chi connectivity index (χ0n) is 13.7. The average molecular weight is 317 g/mol. The van der Waals surface area contributed by atoms with Crippen molar-refractivity contribution in [1.82, 2.24) is 0 Å². The van der Waals surface area contributed by atoms with Crippen LogP contribution in [0.15, 0.2) is 0 Å². The highest BCUT2D eigenvalue weighted by Crippen LogP contribution is 2.06. The molecule has 0 atom stereocenters. The van der Waals surface area contributed by atoms with E-state index in [0.717, 1.165) is 6.42 Å². The van der Waals surface area contributed by atoms with Gasteiger partial charge in [-0.25, -0.2) is 0 Å². The average Bonchev–Trinajstić information content (AvgIpc) is 2.50. The predicted octanol–water partition coefficient (Wildman–Crippen LogP) is 3.75. The molecule has 0 unspecified atom stereocenters. The van der Waals surface area contributed by atoms with Crippen LogP contribution < -0.4 is 5.73 Å². The first-order valence-electron chi connectivity index (χ1n) is 8.00. The van der Waals surface area contributed by atoms with Crippen LogP contribution in [0.5, 0.6) is 0 Å². The molecule has 120 valence electrons. The smallest absolute Gasteiger partial charge is 0.227 e. The highest BCUT2D eigenvalue weighted by molar-refractivity contribution is 8.00. The third-order valence-corrected chi connectivity index (χ3v) is 3.64. The molecule has 0 spiro atoms. The summed E-state index contributed by atoms with van der Waals surface area (Å²) in [4.78, 5) is 10.5. The highest BCUT2D eigenvalue weighted by atomic mass is 32.2. The van der Waals surface area contributed by atoms with Crippen molar-refractivity contribution in [2.45, 2.75) is 64.7 Å². The Labute approximate surface area is 140 Å². The fourth-order valence-corrected chi connectivity index (χ4v) is 2.18. The van der Waals surface area contributed by atoms with Crippen molar-refractivity contribution in [1.29, 1.82) is 0 Å². The Balaban J connectivity index is 3.43. The van der Waals surface area contributed by atoms with Crippen molar-refractivity contribution in [3.8, 4) is 35.5 Å². The maximum atomic E-state index is 10.5. The molecular weight excluding hydrogens is 290 g/mol. The number of nitrogens with two attached hydrogens (primary N) is 1. The zero-order valence-corrected chi connectivity index (χ0v) is 14.5. The molecule has 0 saturated heterocycles. The molecule has 0 heterocycles. The first kappa shape index (κ1) is 20.5. The Morgan fingerprint density at radius 2 is 1.45 bits per heavy atom. The summed E-state index contributed by atoms with van der Waals surface area (Å²) in [6.07, 6.45) is 10.0. The van der Waals surface area contributed by atoms with Gasteiger partial charge in [0, 0.05) is 6.42 Å². The van der Waals surface area contributed by atoms with Gasteiger partial charge in [-0.1, -0.05) is 68.6 Å². The molecule has 22 heavy (non-hydrogen) atoms. The number of amides is 1. The number of hydrogen-bond acceptors (Lipinski definition) is 2. The van der Waals surface area contributed by atoms with E-state index in [1.807, 2.05) is 0 Å². The van der Waals surface area contributed by atoms with Crippen LogP contribution in [0.4, 0.5) is 0 Å². The van der Waals surface area contributed by atoms with Crippen molar-refractivity contribution in [3.63, 3.8) is 0 Å². The Morgan fingerprint density at radius 3 is 2.14 bits per heavy atom. The van der Waals surface area contributed by atoms with Gasteiger partial charge < -0.3 is 5.73 Å². The molecular formula is C19H27NOS. The van der Waals surface area contributed by atoms with E-state index < -0.39 is 0 Å². The standard InChI is InChI=1S/C19H27NOS/c1-2-3-4-5-6-7-8-9-10-11-12-13-14-15-16-17-22-18-19(20)21/h2-8,11,14,17-18H2,1H3,(H2,20,21). The number of rotatable bonds is 9. The van der Waals surface area contributed by atoms with Crippen molar-refractivity contribution in [2.24, 2.45) is 5.73 Å². The number of carbonyl (C=O) groups is 1. The lowest BCUT2D eigenvalue weighted by atomic mass is 10.1. The predicted molar refractivity (Wildman–Crippen MR) is 97.1 cm³/mol. The second-order valence-electron chi connectivity index (χ2n) is 4.89. The van der Waals surface area contributed by atoms with Gasteiger partial charge in [0.05, 0.1) is 24.3 Å². The molecule has 3 heteroatoms. The maximum absolute atomic E-state index is 10.5. The summed E-state index contributed by atoms with van der Waals surface area (Å²) in [5.74, 6) is 18.8. The van der Waals surface area contributed by atoms with Gasteiger partial charge in [0.2, 0.25) is 5.91 Å². The minimum absolute atomic E-state index is 0.300. The molecule has 0 saturated carbocycles. The van der Waals surface area contributed by atoms with E-state index in [-0.39, 0.29) is 5.91 Å². The molecule has 0 aliphatic rings. The van der Waals surface area contributed by atoms with Crippen LogP contribution in [0.3, 0.4) is 0 Å². The van der Waals surface area contributed by atoms with E-state index in [0.29, 0.717) is 24.3 Å². The number of unbranched alkanes of at least 4 members (excludes halogenated alkanes) is 6. The second-order valence-corrected chi connectivity index (χ2v) is 5.88. The molecule has 0 aromatic carbocycles. The maximum Gasteiger partial charge on any atom is 0.227 e. The van der Waals surface area contributed by atoms with Crippen molar-refractivity contribution in [3.05, 3.63) is 0 Å². The minimum atomic E-state index is -0.300. The van der Waals surface area contributed by atoms with Gasteiger partial charge in [0.15, 0.2) is 0 Å². The molecule has 1 amide bonds. The highest BCUT2D eigenvalue weighted by Gasteiger charge is 1.90. The van der Waals surface area contributed by atoms with Gasteiger partial charge in [-0.05, 0) is 6.42 Å². The van der Waals surface area contributed by atoms with Gasteiger partial charge >= 0.3 is 0 Å². The van der Waals surface area contributed by atoms with Gasteiger partial charge in [0.1, 0.15) is 0 Å². The first-order valence-corrected chi connectivity index (χ1v) is 9.16. The van der Waals surface area contributed by atoms with Gasteiger partial charge in [0.25, 0.3) is 0 Å². The largest absolute Gasteiger partial charge is 0.369 e. The van der Waals surface area contributed by atoms with Crippen LogP contribution in [0.1, 0.15) is 64.7 Å². The minimum Gasteiger partial charge on any atom is -0.369 e. The van der Waals surface area contributed by atoms with E-state index in [4.69, 9.17) is 5.73 Å². The first-order chi connectivity index (χ1) is 10.8. The summed E-state index contributed by atoms with van der Waals surface area (Å²) in [6.45, 7) is 2.24. The van der Waals surface area contributed by atoms with Gasteiger partial charge in [-0.3, -0.25) is 4.79 Å². The zero-order chi connectivity index (χ0) is 16.3. The quantitative estimate of drug-likeness (QED) is 0.520. The lowest BCUT2D eigenvalue weighted by Gasteiger charge is -1.96. The van der Waals surface area contributed by atoms with Gasteiger partial charge in [-0.15, -0.1) is 17.7 Å². The molecule has 2 N–H and O–H groups in total. The molecule has 0 aliphatic carbocycles. The summed E-state index contributed by atoms with van der Waals surface area (Å²) in [5.41, 5.74) is 5.02. The van der Waals surface area contributed by atoms with Crippen LogP contribution in [0, 0.1) is 35.5 Å². The van der Waals surface area contributed by atoms with E-state index in [1.54, 1.807) is 0 Å². The third-order valence-electron chi connectivity index (χ3n) is 2.80. The van der Waals surface area contributed by atoms with E-state index in [1.165, 1.54) is 50.3 Å². The molecule has 0 bridgehead atoms. The molecule has 2 nitrogen and oxygen atoms in total. The Hall–Kier alpha value is -1.50. The Bertz CT molecular complexity index is 465. The van der Waals surface area contributed by atoms with Gasteiger partial charge in [-0.2, -0.15) is 0 Å². The van der Waals surface area contributed by atoms with E-state index >= 15 is 0 Å². The number of carbonyl (C=O) groups excluding carboxylic acids is 1. The topological polar surface area (TPSA) is 43.1 Å².